The fraction of sp³-hybridized carbons (Fsp3) is 0.562. The molecule has 2 N–H and O–H groups in total. The first-order valence-corrected chi connectivity index (χ1v) is 7.84. The molecule has 24 heavy (non-hydrogen) atoms. The molecule has 1 unspecified atom stereocenters. The summed E-state index contributed by atoms with van der Waals surface area (Å²) in [5.74, 6) is 0.508. The lowest BCUT2D eigenvalue weighted by atomic mass is 9.90. The summed E-state index contributed by atoms with van der Waals surface area (Å²) in [5, 5.41) is 11.3. The molecule has 1 saturated heterocycles. The number of carbonyl (C=O) groups is 1. The second kappa shape index (κ2) is 7.48. The van der Waals surface area contributed by atoms with Crippen molar-refractivity contribution in [1.82, 2.24) is 4.90 Å². The van der Waals surface area contributed by atoms with Crippen molar-refractivity contribution in [2.24, 2.45) is 11.7 Å². The highest BCUT2D eigenvalue weighted by Crippen LogP contribution is 2.35. The van der Waals surface area contributed by atoms with Crippen molar-refractivity contribution < 1.29 is 19.2 Å². The van der Waals surface area contributed by atoms with Crippen LogP contribution in [0.15, 0.2) is 12.1 Å². The van der Waals surface area contributed by atoms with Crippen molar-refractivity contribution in [2.45, 2.75) is 25.8 Å². The van der Waals surface area contributed by atoms with E-state index < -0.39 is 4.92 Å². The molecule has 1 aromatic carbocycles. The summed E-state index contributed by atoms with van der Waals surface area (Å²) in [6.07, 6.45) is 1.59. The normalized spacial score (nSPS) is 16.6. The van der Waals surface area contributed by atoms with Gasteiger partial charge in [-0.1, -0.05) is 0 Å². The predicted molar refractivity (Wildman–Crippen MR) is 88.5 cm³/mol. The molecule has 1 heterocycles. The van der Waals surface area contributed by atoms with Gasteiger partial charge in [0.05, 0.1) is 25.2 Å². The lowest BCUT2D eigenvalue weighted by Gasteiger charge is -2.33. The van der Waals surface area contributed by atoms with Gasteiger partial charge >= 0.3 is 0 Å². The van der Waals surface area contributed by atoms with E-state index in [0.717, 1.165) is 12.8 Å². The van der Waals surface area contributed by atoms with Crippen LogP contribution < -0.4 is 15.2 Å². The van der Waals surface area contributed by atoms with Crippen LogP contribution in [0.5, 0.6) is 11.5 Å². The van der Waals surface area contributed by atoms with Gasteiger partial charge in [-0.25, -0.2) is 0 Å². The van der Waals surface area contributed by atoms with Crippen molar-refractivity contribution in [3.63, 3.8) is 0 Å². The van der Waals surface area contributed by atoms with E-state index in [1.54, 1.807) is 4.90 Å². The van der Waals surface area contributed by atoms with Crippen LogP contribution in [0.4, 0.5) is 5.69 Å². The monoisotopic (exact) mass is 337 g/mol. The third-order valence-electron chi connectivity index (χ3n) is 4.50. The lowest BCUT2D eigenvalue weighted by molar-refractivity contribution is -0.385. The Kier molecular flexibility index (Phi) is 5.61. The van der Waals surface area contributed by atoms with Crippen LogP contribution in [0.2, 0.25) is 0 Å². The van der Waals surface area contributed by atoms with E-state index in [4.69, 9.17) is 15.2 Å². The van der Waals surface area contributed by atoms with Gasteiger partial charge in [0.1, 0.15) is 5.56 Å². The molecule has 0 bridgehead atoms. The quantitative estimate of drug-likeness (QED) is 0.648. The Bertz CT molecular complexity index is 624. The average Bonchev–Trinajstić information content (AvgIpc) is 2.59. The van der Waals surface area contributed by atoms with Gasteiger partial charge in [-0.2, -0.15) is 0 Å². The number of nitrogens with zero attached hydrogens (tertiary/aromatic N) is 2. The maximum Gasteiger partial charge on any atom is 0.286 e. The van der Waals surface area contributed by atoms with E-state index in [2.05, 4.69) is 0 Å². The zero-order valence-corrected chi connectivity index (χ0v) is 14.2. The van der Waals surface area contributed by atoms with E-state index >= 15 is 0 Å². The molecular weight excluding hydrogens is 314 g/mol. The van der Waals surface area contributed by atoms with Crippen molar-refractivity contribution in [2.75, 3.05) is 27.3 Å². The molecule has 2 rings (SSSR count). The van der Waals surface area contributed by atoms with Crippen LogP contribution in [-0.4, -0.2) is 49.1 Å². The van der Waals surface area contributed by atoms with Crippen LogP contribution in [0.3, 0.4) is 0 Å². The predicted octanol–water partition coefficient (Wildman–Crippen LogP) is 1.81. The number of nitro groups is 1. The minimum absolute atomic E-state index is 0.0110. The highest BCUT2D eigenvalue weighted by molar-refractivity contribution is 5.99. The molecule has 132 valence electrons. The van der Waals surface area contributed by atoms with Crippen molar-refractivity contribution in [3.8, 4) is 11.5 Å². The summed E-state index contributed by atoms with van der Waals surface area (Å²) >= 11 is 0. The fourth-order valence-corrected chi connectivity index (χ4v) is 2.99. The molecule has 1 aliphatic rings. The molecule has 1 fully saturated rings. The molecule has 0 saturated carbocycles. The molecule has 8 nitrogen and oxygen atoms in total. The van der Waals surface area contributed by atoms with E-state index in [1.807, 2.05) is 6.92 Å². The number of nitro benzene ring substituents is 1. The number of piperidine rings is 1. The second-order valence-corrected chi connectivity index (χ2v) is 5.97. The molecular formula is C16H23N3O5. The number of hydrogen-bond acceptors (Lipinski definition) is 6. The Morgan fingerprint density at radius 2 is 1.83 bits per heavy atom. The average molecular weight is 337 g/mol. The largest absolute Gasteiger partial charge is 0.493 e. The number of rotatable bonds is 5. The zero-order chi connectivity index (χ0) is 17.9. The van der Waals surface area contributed by atoms with Gasteiger partial charge in [-0.15, -0.1) is 0 Å². The number of carbonyl (C=O) groups excluding carboxylic acids is 1. The number of nitrogens with two attached hydrogens (primary N) is 1. The van der Waals surface area contributed by atoms with E-state index in [0.29, 0.717) is 19.0 Å². The highest BCUT2D eigenvalue weighted by Gasteiger charge is 2.31. The minimum atomic E-state index is -0.579. The standard InChI is InChI=1S/C16H23N3O5/c1-10(17)11-4-6-18(7-5-11)16(20)12-8-14(23-2)15(24-3)9-13(12)19(21)22/h8-11H,4-7,17H2,1-3H3. The SMILES string of the molecule is COc1cc(C(=O)N2CCC(C(C)N)CC2)c([N+](=O)[O-])cc1OC. The molecule has 1 amide bonds. The van der Waals surface area contributed by atoms with Crippen molar-refractivity contribution >= 4 is 11.6 Å². The molecule has 1 aliphatic heterocycles. The molecule has 0 aromatic heterocycles. The Morgan fingerprint density at radius 1 is 1.29 bits per heavy atom. The first-order chi connectivity index (χ1) is 11.4. The molecule has 0 aliphatic carbocycles. The topological polar surface area (TPSA) is 108 Å². The van der Waals surface area contributed by atoms with Crippen LogP contribution in [-0.2, 0) is 0 Å². The summed E-state index contributed by atoms with van der Waals surface area (Å²) in [7, 11) is 2.81. The smallest absolute Gasteiger partial charge is 0.286 e. The van der Waals surface area contributed by atoms with Crippen LogP contribution in [0.25, 0.3) is 0 Å². The van der Waals surface area contributed by atoms with Crippen LogP contribution >= 0.6 is 0 Å². The summed E-state index contributed by atoms with van der Waals surface area (Å²) in [6.45, 7) is 3.04. The highest BCUT2D eigenvalue weighted by atomic mass is 16.6. The number of benzene rings is 1. The number of hydrogen-bond donors (Lipinski definition) is 1. The first kappa shape index (κ1) is 18.0. The third-order valence-corrected chi connectivity index (χ3v) is 4.50. The number of likely N-dealkylation sites (tertiary alicyclic amines) is 1. The number of amides is 1. The van der Waals surface area contributed by atoms with Crippen molar-refractivity contribution in [3.05, 3.63) is 27.8 Å². The van der Waals surface area contributed by atoms with Gasteiger partial charge in [0.2, 0.25) is 0 Å². The lowest BCUT2D eigenvalue weighted by Crippen LogP contribution is -2.42. The molecule has 0 radical (unpaired) electrons. The molecule has 1 atom stereocenters. The Balaban J connectivity index is 2.30. The maximum absolute atomic E-state index is 12.8. The Labute approximate surface area is 140 Å². The Hall–Kier alpha value is -2.35. The Morgan fingerprint density at radius 3 is 2.29 bits per heavy atom. The van der Waals surface area contributed by atoms with Crippen LogP contribution in [0.1, 0.15) is 30.1 Å². The maximum atomic E-state index is 12.8. The van der Waals surface area contributed by atoms with Gasteiger partial charge in [0.15, 0.2) is 11.5 Å². The summed E-state index contributed by atoms with van der Waals surface area (Å²) < 4.78 is 10.2. The van der Waals surface area contributed by atoms with Gasteiger partial charge in [-0.05, 0) is 25.7 Å². The summed E-state index contributed by atoms with van der Waals surface area (Å²) in [4.78, 5) is 25.2. The van der Waals surface area contributed by atoms with Gasteiger partial charge in [0, 0.05) is 25.2 Å². The van der Waals surface area contributed by atoms with Gasteiger partial charge in [0.25, 0.3) is 11.6 Å². The van der Waals surface area contributed by atoms with Gasteiger partial charge in [-0.3, -0.25) is 14.9 Å². The van der Waals surface area contributed by atoms with E-state index in [1.165, 1.54) is 26.4 Å². The third kappa shape index (κ3) is 3.59. The number of methoxy groups -OCH3 is 2. The first-order valence-electron chi connectivity index (χ1n) is 7.84. The molecule has 8 heteroatoms. The minimum Gasteiger partial charge on any atom is -0.493 e. The van der Waals surface area contributed by atoms with Gasteiger partial charge < -0.3 is 20.1 Å². The second-order valence-electron chi connectivity index (χ2n) is 5.97. The number of ether oxygens (including phenoxy) is 2. The van der Waals surface area contributed by atoms with E-state index in [9.17, 15) is 14.9 Å². The summed E-state index contributed by atoms with van der Waals surface area (Å²) in [6, 6.07) is 2.68. The molecule has 0 spiro atoms. The van der Waals surface area contributed by atoms with Crippen LogP contribution in [0, 0.1) is 16.0 Å². The fourth-order valence-electron chi connectivity index (χ4n) is 2.99. The van der Waals surface area contributed by atoms with Crippen molar-refractivity contribution in [1.29, 1.82) is 0 Å². The zero-order valence-electron chi connectivity index (χ0n) is 14.2. The molecule has 1 aromatic rings. The summed E-state index contributed by atoms with van der Waals surface area (Å²) in [5.41, 5.74) is 5.64. The van der Waals surface area contributed by atoms with E-state index in [-0.39, 0.29) is 34.7 Å².